The van der Waals surface area contributed by atoms with Crippen molar-refractivity contribution in [1.82, 2.24) is 5.32 Å². The molecule has 0 spiro atoms. The zero-order valence-electron chi connectivity index (χ0n) is 11.4. The Bertz CT molecular complexity index is 466. The van der Waals surface area contributed by atoms with E-state index in [0.29, 0.717) is 0 Å². The van der Waals surface area contributed by atoms with Crippen molar-refractivity contribution in [3.8, 4) is 0 Å². The molecule has 0 aromatic heterocycles. The third-order valence-electron chi connectivity index (χ3n) is 2.97. The lowest BCUT2D eigenvalue weighted by Crippen LogP contribution is -2.35. The average Bonchev–Trinajstić information content (AvgIpc) is 2.96. The highest BCUT2D eigenvalue weighted by Crippen LogP contribution is 2.39. The van der Waals surface area contributed by atoms with Gasteiger partial charge in [0.05, 0.1) is 6.61 Å². The normalized spacial score (nSPS) is 23.2. The third kappa shape index (κ3) is 3.98. The number of carbonyl (C=O) groups excluding carboxylic acids is 2. The maximum absolute atomic E-state index is 11.8. The fourth-order valence-electron chi connectivity index (χ4n) is 2.00. The van der Waals surface area contributed by atoms with Gasteiger partial charge in [-0.25, -0.2) is 15.7 Å². The lowest BCUT2D eigenvalue weighted by molar-refractivity contribution is -0.159. The average molecular weight is 297 g/mol. The van der Waals surface area contributed by atoms with Gasteiger partial charge in [-0.1, -0.05) is 30.3 Å². The molecule has 1 aromatic rings. The fraction of sp³-hybridized carbons (Fsp3) is 0.429. The fourth-order valence-corrected chi connectivity index (χ4v) is 4.27. The molecule has 1 saturated heterocycles. The maximum atomic E-state index is 11.8. The molecule has 0 saturated carbocycles. The lowest BCUT2D eigenvalue weighted by Gasteiger charge is -2.13. The number of hydrogen-bond acceptors (Lipinski definition) is 5. The summed E-state index contributed by atoms with van der Waals surface area (Å²) in [6, 6.07) is 9.83. The Morgan fingerprint density at radius 3 is 2.75 bits per heavy atom. The van der Waals surface area contributed by atoms with E-state index in [1.165, 1.54) is 4.90 Å². The van der Waals surface area contributed by atoms with E-state index in [4.69, 9.17) is 9.47 Å². The van der Waals surface area contributed by atoms with Crippen molar-refractivity contribution in [1.29, 1.82) is 0 Å². The van der Waals surface area contributed by atoms with E-state index < -0.39 is 5.97 Å². The molecule has 0 aliphatic carbocycles. The molecular formula is C14H19NO4S. The van der Waals surface area contributed by atoms with Crippen LogP contribution in [0.5, 0.6) is 0 Å². The van der Waals surface area contributed by atoms with Gasteiger partial charge in [-0.3, -0.25) is 10.1 Å². The summed E-state index contributed by atoms with van der Waals surface area (Å²) in [4.78, 5) is 24.3. The summed E-state index contributed by atoms with van der Waals surface area (Å²) in [6.45, 7) is 1.69. The van der Waals surface area contributed by atoms with Crippen LogP contribution in [-0.2, 0) is 19.1 Å². The Kier molecular flexibility index (Phi) is 5.43. The van der Waals surface area contributed by atoms with Gasteiger partial charge >= 0.3 is 11.9 Å². The van der Waals surface area contributed by atoms with E-state index in [1.807, 2.05) is 18.2 Å². The van der Waals surface area contributed by atoms with Crippen molar-refractivity contribution < 1.29 is 19.1 Å². The van der Waals surface area contributed by atoms with E-state index in [1.54, 1.807) is 6.92 Å². The predicted molar refractivity (Wildman–Crippen MR) is 77.9 cm³/mol. The third-order valence-corrected chi connectivity index (χ3v) is 5.37. The van der Waals surface area contributed by atoms with Crippen molar-refractivity contribution in [2.24, 2.45) is 0 Å². The molecule has 2 atom stereocenters. The van der Waals surface area contributed by atoms with E-state index in [0.717, 1.165) is 11.6 Å². The van der Waals surface area contributed by atoms with Crippen molar-refractivity contribution in [3.05, 3.63) is 30.3 Å². The van der Waals surface area contributed by atoms with Crippen LogP contribution in [0.2, 0.25) is 0 Å². The molecule has 6 heteroatoms. The van der Waals surface area contributed by atoms with Crippen LogP contribution >= 0.6 is 10.9 Å². The molecule has 2 rings (SSSR count). The number of rotatable bonds is 5. The molecule has 2 unspecified atom stereocenters. The minimum Gasteiger partial charge on any atom is -0.463 e. The molecule has 0 amide bonds. The Morgan fingerprint density at radius 1 is 1.30 bits per heavy atom. The Hall–Kier alpha value is -1.53. The molecule has 1 aliphatic rings. The van der Waals surface area contributed by atoms with Crippen LogP contribution in [0.3, 0.4) is 0 Å². The van der Waals surface area contributed by atoms with Gasteiger partial charge < -0.3 is 9.47 Å². The Labute approximate surface area is 121 Å². The predicted octanol–water partition coefficient (Wildman–Crippen LogP) is 1.08. The second-order valence-electron chi connectivity index (χ2n) is 4.39. The summed E-state index contributed by atoms with van der Waals surface area (Å²) in [5.74, 6) is 0.669. The highest BCUT2D eigenvalue weighted by molar-refractivity contribution is 8.17. The molecule has 1 aromatic carbocycles. The highest BCUT2D eigenvalue weighted by atomic mass is 32.2. The summed E-state index contributed by atoms with van der Waals surface area (Å²) >= 11 is 0. The maximum Gasteiger partial charge on any atom is 0.344 e. The first-order chi connectivity index (χ1) is 9.70. The Balaban J connectivity index is 1.80. The first kappa shape index (κ1) is 14.9. The van der Waals surface area contributed by atoms with Crippen LogP contribution < -0.4 is 5.32 Å². The zero-order valence-corrected chi connectivity index (χ0v) is 12.3. The lowest BCUT2D eigenvalue weighted by atomic mass is 10.3. The quantitative estimate of drug-likeness (QED) is 0.629. The first-order valence-electron chi connectivity index (χ1n) is 6.56. The molecule has 5 nitrogen and oxygen atoms in total. The van der Waals surface area contributed by atoms with Crippen molar-refractivity contribution in [2.45, 2.75) is 17.9 Å². The second-order valence-corrected chi connectivity index (χ2v) is 6.66. The van der Waals surface area contributed by atoms with Gasteiger partial charge in [0, 0.05) is 11.6 Å². The van der Waals surface area contributed by atoms with Crippen LogP contribution in [0, 0.1) is 0 Å². The Morgan fingerprint density at radius 2 is 2.05 bits per heavy atom. The molecule has 1 heterocycles. The molecule has 0 radical (unpaired) electrons. The second kappa shape index (κ2) is 7.31. The van der Waals surface area contributed by atoms with Gasteiger partial charge in [0.15, 0.2) is 6.61 Å². The summed E-state index contributed by atoms with van der Waals surface area (Å²) in [5, 5.41) is 3.16. The van der Waals surface area contributed by atoms with Gasteiger partial charge in [-0.15, -0.1) is 0 Å². The number of ether oxygens (including phenoxy) is 2. The molecule has 1 fully saturated rings. The van der Waals surface area contributed by atoms with Crippen LogP contribution in [-0.4, -0.2) is 42.8 Å². The highest BCUT2D eigenvalue weighted by Gasteiger charge is 2.29. The standard InChI is InChI=1S/C14H19NO4S/c1-2-18-13(16)8-19-14(17)12-9-20(10-15-12)11-6-4-3-5-7-11/h3-7,12,15,20H,2,8-10H2,1H3. The first-order valence-corrected chi connectivity index (χ1v) is 8.27. The number of carbonyl (C=O) groups is 2. The largest absolute Gasteiger partial charge is 0.463 e. The van der Waals surface area contributed by atoms with Crippen molar-refractivity contribution in [3.63, 3.8) is 0 Å². The molecular weight excluding hydrogens is 278 g/mol. The van der Waals surface area contributed by atoms with Gasteiger partial charge in [0.2, 0.25) is 0 Å². The van der Waals surface area contributed by atoms with E-state index in [2.05, 4.69) is 17.4 Å². The van der Waals surface area contributed by atoms with Crippen LogP contribution in [0.15, 0.2) is 35.2 Å². The smallest absolute Gasteiger partial charge is 0.344 e. The van der Waals surface area contributed by atoms with Gasteiger partial charge in [-0.05, 0) is 11.8 Å². The number of benzene rings is 1. The molecule has 110 valence electrons. The van der Waals surface area contributed by atoms with Crippen LogP contribution in [0.4, 0.5) is 0 Å². The summed E-state index contributed by atoms with van der Waals surface area (Å²) < 4.78 is 9.67. The molecule has 20 heavy (non-hydrogen) atoms. The van der Waals surface area contributed by atoms with Crippen molar-refractivity contribution in [2.75, 3.05) is 24.8 Å². The number of hydrogen-bond donors (Lipinski definition) is 2. The number of nitrogens with one attached hydrogen (secondary N) is 1. The van der Waals surface area contributed by atoms with E-state index in [9.17, 15) is 9.59 Å². The number of thiol groups is 1. The topological polar surface area (TPSA) is 64.6 Å². The van der Waals surface area contributed by atoms with Gasteiger partial charge in [-0.2, -0.15) is 0 Å². The summed E-state index contributed by atoms with van der Waals surface area (Å²) in [5.41, 5.74) is 0. The minimum atomic E-state index is -0.510. The molecule has 1 aliphatic heterocycles. The monoisotopic (exact) mass is 297 g/mol. The van der Waals surface area contributed by atoms with Crippen LogP contribution in [0.25, 0.3) is 0 Å². The molecule has 0 bridgehead atoms. The van der Waals surface area contributed by atoms with E-state index >= 15 is 0 Å². The SMILES string of the molecule is CCOC(=O)COC(=O)C1C[SH](c2ccccc2)CN1. The van der Waals surface area contributed by atoms with Crippen molar-refractivity contribution >= 4 is 22.8 Å². The van der Waals surface area contributed by atoms with Crippen LogP contribution in [0.1, 0.15) is 6.92 Å². The minimum absolute atomic E-state index is 0.289. The van der Waals surface area contributed by atoms with Gasteiger partial charge in [0.25, 0.3) is 0 Å². The van der Waals surface area contributed by atoms with Gasteiger partial charge in [0.1, 0.15) is 6.04 Å². The summed E-state index contributed by atoms with van der Waals surface area (Å²) in [7, 11) is -0.373. The zero-order chi connectivity index (χ0) is 14.4. The van der Waals surface area contributed by atoms with E-state index in [-0.39, 0.29) is 36.1 Å². The molecule has 1 N–H and O–H groups in total. The summed E-state index contributed by atoms with van der Waals surface area (Å²) in [6.07, 6.45) is 0. The number of esters is 2.